The molecule has 8 bridgehead atoms. The van der Waals surface area contributed by atoms with Gasteiger partial charge in [-0.15, -0.1) is 0 Å². The van der Waals surface area contributed by atoms with E-state index in [0.29, 0.717) is 0 Å². The van der Waals surface area contributed by atoms with Crippen LogP contribution in [-0.2, 0) is 43.3 Å². The Labute approximate surface area is 471 Å². The third-order valence-electron chi connectivity index (χ3n) is 22.0. The number of furan rings is 1. The lowest BCUT2D eigenvalue weighted by atomic mass is 9.35. The lowest BCUT2D eigenvalue weighted by molar-refractivity contribution is 0.332. The Bertz CT molecular complexity index is 3970. The molecule has 2 atom stereocenters. The average Bonchev–Trinajstić information content (AvgIpc) is 4.15. The lowest BCUT2D eigenvalue weighted by Gasteiger charge is -2.47. The number of hydrogen-bond donors (Lipinski definition) is 0. The highest BCUT2D eigenvalue weighted by atomic mass is 16.3. The first-order valence-corrected chi connectivity index (χ1v) is 30.0. The predicted molar refractivity (Wildman–Crippen MR) is 335 cm³/mol. The predicted octanol–water partition coefficient (Wildman–Crippen LogP) is 18.3. The van der Waals surface area contributed by atoms with Crippen LogP contribution in [0.5, 0.6) is 0 Å². The Balaban J connectivity index is 1.14. The Morgan fingerprint density at radius 3 is 1.67 bits per heavy atom. The second-order valence-electron chi connectivity index (χ2n) is 30.6. The highest BCUT2D eigenvalue weighted by Gasteiger charge is 2.55. The minimum atomic E-state index is -0.327. The fourth-order valence-corrected chi connectivity index (χ4v) is 16.8. The molecule has 7 aromatic carbocycles. The summed E-state index contributed by atoms with van der Waals surface area (Å²) >= 11 is 0. The molecule has 0 radical (unpaired) electrons. The van der Waals surface area contributed by atoms with Crippen LogP contribution in [0.15, 0.2) is 132 Å². The van der Waals surface area contributed by atoms with Crippen LogP contribution in [0.3, 0.4) is 0 Å². The largest absolute Gasteiger partial charge is 0.468 e. The van der Waals surface area contributed by atoms with Gasteiger partial charge in [-0.1, -0.05) is 152 Å². The molecule has 1 aromatic heterocycles. The van der Waals surface area contributed by atoms with Crippen LogP contribution >= 0.6 is 0 Å². The molecule has 0 amide bonds. The molecule has 0 spiro atoms. The summed E-state index contributed by atoms with van der Waals surface area (Å²) in [7, 11) is 0. The Hall–Kier alpha value is -6.46. The van der Waals surface area contributed by atoms with Crippen molar-refractivity contribution in [2.45, 2.75) is 192 Å². The molecule has 400 valence electrons. The second kappa shape index (κ2) is 15.5. The van der Waals surface area contributed by atoms with Crippen LogP contribution in [0.2, 0.25) is 0 Å². The molecule has 8 aromatic rings. The minimum absolute atomic E-state index is 0.00689. The standard InChI is InChI=1S/C74H80BN3O/c1-67(2,3)45-32-46-35-50(34-45)77-60-41-56-55(70(8,9)28-29-71(56,10)11)40-59(60)75-64-61(77)37-51(76(47-21-17-16-18-22-47)48-23-19-20-44(33-48)72(46,12)13)38-62(64)78(49-24-25-53-54(36-49)69(6,7)27-26-68(53,4)5)65-52-39-57-58(42-63(52)79-66(65)75)74(15)31-30-73(57,14)43-74/h16-25,32-42H,26-31,43H2,1-15H3. The summed E-state index contributed by atoms with van der Waals surface area (Å²) in [6.45, 7) is 36.8. The summed E-state index contributed by atoms with van der Waals surface area (Å²) in [6, 6.07) is 51.3. The van der Waals surface area contributed by atoms with Crippen LogP contribution in [0.4, 0.5) is 51.2 Å². The molecular weight excluding hydrogens is 958 g/mol. The first kappa shape index (κ1) is 49.6. The third-order valence-corrected chi connectivity index (χ3v) is 22.0. The number of fused-ring (bicyclic) bond motifs is 20. The molecular formula is C74H80BN3O. The van der Waals surface area contributed by atoms with Gasteiger partial charge in [0.05, 0.1) is 17.0 Å². The minimum Gasteiger partial charge on any atom is -0.468 e. The van der Waals surface area contributed by atoms with Gasteiger partial charge in [0, 0.05) is 50.6 Å². The molecule has 4 heterocycles. The van der Waals surface area contributed by atoms with Crippen molar-refractivity contribution < 1.29 is 4.42 Å². The van der Waals surface area contributed by atoms with Crippen LogP contribution in [0.25, 0.3) is 11.0 Å². The summed E-state index contributed by atoms with van der Waals surface area (Å²) in [5, 5.41) is 1.23. The average molecular weight is 1040 g/mol. The van der Waals surface area contributed by atoms with Gasteiger partial charge in [0.15, 0.2) is 0 Å². The molecule has 5 heteroatoms. The Kier molecular flexibility index (Phi) is 9.73. The molecule has 4 aliphatic carbocycles. The summed E-state index contributed by atoms with van der Waals surface area (Å²) < 4.78 is 7.89. The molecule has 1 saturated carbocycles. The van der Waals surface area contributed by atoms with Gasteiger partial charge in [0.1, 0.15) is 5.58 Å². The molecule has 15 rings (SSSR count). The second-order valence-corrected chi connectivity index (χ2v) is 30.6. The molecule has 2 unspecified atom stereocenters. The van der Waals surface area contributed by atoms with E-state index in [4.69, 9.17) is 4.42 Å². The topological polar surface area (TPSA) is 22.9 Å². The summed E-state index contributed by atoms with van der Waals surface area (Å²) in [4.78, 5) is 7.96. The highest BCUT2D eigenvalue weighted by molar-refractivity contribution is 7.00. The Morgan fingerprint density at radius 1 is 0.430 bits per heavy atom. The smallest absolute Gasteiger partial charge is 0.297 e. The van der Waals surface area contributed by atoms with E-state index in [2.05, 4.69) is 246 Å². The van der Waals surface area contributed by atoms with E-state index in [-0.39, 0.29) is 50.0 Å². The number of nitrogens with zero attached hydrogens (tertiary/aromatic N) is 3. The van der Waals surface area contributed by atoms with Crippen molar-refractivity contribution in [2.24, 2.45) is 0 Å². The molecule has 79 heavy (non-hydrogen) atoms. The van der Waals surface area contributed by atoms with Crippen LogP contribution < -0.4 is 31.3 Å². The van der Waals surface area contributed by atoms with Gasteiger partial charge in [0.2, 0.25) is 0 Å². The summed E-state index contributed by atoms with van der Waals surface area (Å²) in [6.07, 6.45) is 8.26. The maximum absolute atomic E-state index is 7.89. The van der Waals surface area contributed by atoms with E-state index in [0.717, 1.165) is 47.6 Å². The van der Waals surface area contributed by atoms with Gasteiger partial charge in [-0.25, -0.2) is 0 Å². The van der Waals surface area contributed by atoms with Crippen molar-refractivity contribution in [1.29, 1.82) is 0 Å². The van der Waals surface area contributed by atoms with E-state index >= 15 is 0 Å². The number of para-hydroxylation sites is 1. The maximum atomic E-state index is 7.89. The SMILES string of the molecule is CC(C)(C)c1cc2cc(c1)C(C)(C)c1cccc(c1)N(c1ccccc1)c1cc3c4c(c1)N(c1ccc5c(c1)C(C)(C)CCC5(C)C)c1c(oc5cc6c(cc15)C1(C)CCC6(C)C1)B4c1cc4c(cc1N23)C(C)(C)CCC4(C)C. The van der Waals surface area contributed by atoms with E-state index in [1.165, 1.54) is 126 Å². The van der Waals surface area contributed by atoms with Gasteiger partial charge in [0.25, 0.3) is 6.71 Å². The van der Waals surface area contributed by atoms with Gasteiger partial charge in [-0.3, -0.25) is 0 Å². The molecule has 0 saturated heterocycles. The normalized spacial score (nSPS) is 23.5. The van der Waals surface area contributed by atoms with Gasteiger partial charge >= 0.3 is 0 Å². The van der Waals surface area contributed by atoms with E-state index in [1.54, 1.807) is 0 Å². The summed E-state index contributed by atoms with van der Waals surface area (Å²) in [5.74, 6) is 0. The van der Waals surface area contributed by atoms with Crippen LogP contribution in [0, 0.1) is 0 Å². The van der Waals surface area contributed by atoms with Crippen molar-refractivity contribution in [3.8, 4) is 0 Å². The van der Waals surface area contributed by atoms with Crippen molar-refractivity contribution in [2.75, 3.05) is 14.7 Å². The van der Waals surface area contributed by atoms with Gasteiger partial charge in [-0.05, 0) is 223 Å². The third kappa shape index (κ3) is 6.80. The number of anilines is 9. The quantitative estimate of drug-likeness (QED) is 0.161. The molecule has 4 nitrogen and oxygen atoms in total. The highest BCUT2D eigenvalue weighted by Crippen LogP contribution is 2.62. The first-order valence-electron chi connectivity index (χ1n) is 30.0. The zero-order valence-electron chi connectivity index (χ0n) is 49.9. The first-order chi connectivity index (χ1) is 37.2. The van der Waals surface area contributed by atoms with Gasteiger partial charge in [-0.2, -0.15) is 0 Å². The fraction of sp³-hybridized carbons (Fsp3) is 0.405. The number of hydrogen-bond acceptors (Lipinski definition) is 4. The Morgan fingerprint density at radius 2 is 1.00 bits per heavy atom. The van der Waals surface area contributed by atoms with Gasteiger partial charge < -0.3 is 19.1 Å². The zero-order chi connectivity index (χ0) is 55.1. The van der Waals surface area contributed by atoms with E-state index in [9.17, 15) is 0 Å². The van der Waals surface area contributed by atoms with Crippen LogP contribution in [-0.4, -0.2) is 6.71 Å². The molecule has 7 aliphatic rings. The van der Waals surface area contributed by atoms with Crippen molar-refractivity contribution in [3.63, 3.8) is 0 Å². The number of benzene rings is 7. The van der Waals surface area contributed by atoms with Crippen molar-refractivity contribution in [1.82, 2.24) is 0 Å². The zero-order valence-corrected chi connectivity index (χ0v) is 49.9. The monoisotopic (exact) mass is 1040 g/mol. The van der Waals surface area contributed by atoms with E-state index in [1.807, 2.05) is 0 Å². The lowest BCUT2D eigenvalue weighted by Crippen LogP contribution is -2.61. The van der Waals surface area contributed by atoms with E-state index < -0.39 is 0 Å². The van der Waals surface area contributed by atoms with Crippen molar-refractivity contribution >= 4 is 85.5 Å². The molecule has 1 fully saturated rings. The number of rotatable bonds is 2. The van der Waals surface area contributed by atoms with Crippen molar-refractivity contribution in [3.05, 3.63) is 177 Å². The molecule has 3 aliphatic heterocycles. The summed E-state index contributed by atoms with van der Waals surface area (Å²) in [5.41, 5.74) is 28.2. The fourth-order valence-electron chi connectivity index (χ4n) is 16.8. The molecule has 0 N–H and O–H groups in total. The maximum Gasteiger partial charge on any atom is 0.297 e. The van der Waals surface area contributed by atoms with Crippen LogP contribution in [0.1, 0.15) is 199 Å².